The fourth-order valence-corrected chi connectivity index (χ4v) is 11.1. The lowest BCUT2D eigenvalue weighted by atomic mass is 9.79. The highest BCUT2D eigenvalue weighted by molar-refractivity contribution is 7.97. The number of aliphatic hydroxyl groups is 1. The number of rotatable bonds is 15. The van der Waals surface area contributed by atoms with Crippen LogP contribution in [0, 0.1) is 0 Å². The Bertz CT molecular complexity index is 2940. The lowest BCUT2D eigenvalue weighted by Crippen LogP contribution is -2.39. The molecule has 0 amide bonds. The Hall–Kier alpha value is -6.56. The van der Waals surface area contributed by atoms with Crippen LogP contribution in [0.15, 0.2) is 225 Å². The molecule has 0 saturated heterocycles. The van der Waals surface area contributed by atoms with Crippen molar-refractivity contribution in [1.82, 2.24) is 0 Å². The number of benzene rings is 6. The minimum atomic E-state index is -4.68. The maximum atomic E-state index is 12.9. The number of carbonyl (C=O) groups excluding carboxylic acids is 2. The molecule has 1 saturated carbocycles. The molecule has 1 N–H and O–H groups in total. The van der Waals surface area contributed by atoms with Crippen LogP contribution in [0.4, 0.5) is 13.2 Å². The number of esters is 2. The summed E-state index contributed by atoms with van der Waals surface area (Å²) in [5.74, 6) is -1.37. The highest BCUT2D eigenvalue weighted by Crippen LogP contribution is 2.41. The number of hydrogen-bond acceptors (Lipinski definition) is 10. The van der Waals surface area contributed by atoms with Gasteiger partial charge in [0, 0.05) is 16.9 Å². The van der Waals surface area contributed by atoms with Crippen molar-refractivity contribution in [2.24, 2.45) is 0 Å². The van der Waals surface area contributed by atoms with E-state index in [0.29, 0.717) is 20.9 Å². The van der Waals surface area contributed by atoms with Crippen molar-refractivity contribution in [3.63, 3.8) is 0 Å². The van der Waals surface area contributed by atoms with Crippen LogP contribution in [0.1, 0.15) is 76.0 Å². The third-order valence-electron chi connectivity index (χ3n) is 11.4. The summed E-state index contributed by atoms with van der Waals surface area (Å²) >= 11 is 0. The third kappa shape index (κ3) is 17.8. The van der Waals surface area contributed by atoms with E-state index in [9.17, 15) is 49.3 Å². The maximum Gasteiger partial charge on any atom is 0.421 e. The quantitative estimate of drug-likeness (QED) is 0.0344. The number of alkyl halides is 3. The van der Waals surface area contributed by atoms with E-state index < -0.39 is 49.1 Å². The van der Waals surface area contributed by atoms with Gasteiger partial charge in [0.05, 0.1) is 37.4 Å². The Balaban J connectivity index is 0.000000225. The summed E-state index contributed by atoms with van der Waals surface area (Å²) in [6, 6.07) is 52.0. The summed E-state index contributed by atoms with van der Waals surface area (Å²) in [7, 11) is -8.00. The van der Waals surface area contributed by atoms with E-state index in [1.807, 2.05) is 72.8 Å². The zero-order valence-corrected chi connectivity index (χ0v) is 44.0. The molecule has 1 aliphatic rings. The molecule has 6 aromatic carbocycles. The smallest absolute Gasteiger partial charge is 0.421 e. The molecule has 74 heavy (non-hydrogen) atoms. The van der Waals surface area contributed by atoms with Crippen molar-refractivity contribution in [2.45, 2.75) is 101 Å². The first-order valence-corrected chi connectivity index (χ1v) is 27.7. The van der Waals surface area contributed by atoms with Gasteiger partial charge < -0.3 is 19.1 Å². The molecule has 1 aliphatic carbocycles. The number of hydrogen-bond donors (Lipinski definition) is 1. The summed E-state index contributed by atoms with van der Waals surface area (Å²) in [6.45, 7) is 14.3. The second-order valence-corrected chi connectivity index (χ2v) is 22.7. The molecule has 0 heterocycles. The van der Waals surface area contributed by atoms with Gasteiger partial charge in [0.25, 0.3) is 0 Å². The number of halogens is 3. The van der Waals surface area contributed by atoms with E-state index in [0.717, 1.165) is 43.1 Å². The molecular formula is C58H61F3O10S3. The first-order chi connectivity index (χ1) is 34.9. The van der Waals surface area contributed by atoms with Crippen LogP contribution < -0.4 is 0 Å². The topological polar surface area (TPSA) is 164 Å². The van der Waals surface area contributed by atoms with E-state index in [1.54, 1.807) is 43.3 Å². The van der Waals surface area contributed by atoms with Crippen LogP contribution >= 0.6 is 0 Å². The molecule has 0 radical (unpaired) electrons. The van der Waals surface area contributed by atoms with Gasteiger partial charge in [0.2, 0.25) is 9.84 Å². The van der Waals surface area contributed by atoms with Crippen LogP contribution in [0.3, 0.4) is 0 Å². The number of ether oxygens (including phenoxy) is 2. The summed E-state index contributed by atoms with van der Waals surface area (Å²) in [4.78, 5) is 26.7. The van der Waals surface area contributed by atoms with Crippen molar-refractivity contribution in [1.29, 1.82) is 0 Å². The van der Waals surface area contributed by atoms with Crippen molar-refractivity contribution in [2.75, 3.05) is 12.4 Å². The zero-order valence-electron chi connectivity index (χ0n) is 41.5. The molecule has 7 rings (SSSR count). The van der Waals surface area contributed by atoms with E-state index >= 15 is 0 Å². The van der Waals surface area contributed by atoms with Crippen molar-refractivity contribution in [3.8, 4) is 0 Å². The number of carbonyl (C=O) groups is 2. The summed E-state index contributed by atoms with van der Waals surface area (Å²) in [6.07, 6.45) is 2.13. The first kappa shape index (κ1) is 60.0. The Morgan fingerprint density at radius 3 is 1.53 bits per heavy atom. The predicted octanol–water partition coefficient (Wildman–Crippen LogP) is 12.7. The second-order valence-electron chi connectivity index (χ2n) is 17.2. The molecule has 0 bridgehead atoms. The fraction of sp³-hybridized carbons (Fsp3) is 0.241. The first-order valence-electron chi connectivity index (χ1n) is 23.4. The van der Waals surface area contributed by atoms with Gasteiger partial charge in [-0.05, 0) is 130 Å². The molecule has 1 unspecified atom stereocenters. The maximum absolute atomic E-state index is 12.9. The van der Waals surface area contributed by atoms with Crippen LogP contribution in [-0.2, 0) is 61.1 Å². The third-order valence-corrected chi connectivity index (χ3v) is 16.2. The van der Waals surface area contributed by atoms with Gasteiger partial charge in [-0.2, -0.15) is 13.2 Å². The van der Waals surface area contributed by atoms with Crippen LogP contribution in [0.5, 0.6) is 0 Å². The van der Waals surface area contributed by atoms with Gasteiger partial charge in [0.1, 0.15) is 5.60 Å². The monoisotopic (exact) mass is 1070 g/mol. The highest BCUT2D eigenvalue weighted by atomic mass is 32.2. The number of sulfone groups is 1. The minimum Gasteiger partial charge on any atom is -0.748 e. The molecule has 6 aromatic rings. The average molecular weight is 1070 g/mol. The van der Waals surface area contributed by atoms with E-state index in [-0.39, 0.29) is 41.0 Å². The summed E-state index contributed by atoms with van der Waals surface area (Å²) in [5, 5.41) is 9.34. The van der Waals surface area contributed by atoms with Gasteiger partial charge in [-0.25, -0.2) is 26.4 Å². The predicted molar refractivity (Wildman–Crippen MR) is 283 cm³/mol. The second kappa shape index (κ2) is 27.7. The van der Waals surface area contributed by atoms with E-state index in [2.05, 4.69) is 60.9 Å². The molecule has 16 heteroatoms. The van der Waals surface area contributed by atoms with Gasteiger partial charge in [0.15, 0.2) is 20.3 Å². The largest absolute Gasteiger partial charge is 0.748 e. The molecule has 0 aliphatic heterocycles. The van der Waals surface area contributed by atoms with Crippen LogP contribution in [0.25, 0.3) is 6.08 Å². The van der Waals surface area contributed by atoms with Crippen LogP contribution in [0.2, 0.25) is 0 Å². The summed E-state index contributed by atoms with van der Waals surface area (Å²) < 4.78 is 104. The Morgan fingerprint density at radius 2 is 1.09 bits per heavy atom. The molecule has 392 valence electrons. The normalized spacial score (nSPS) is 13.9. The zero-order chi connectivity index (χ0) is 54.6. The van der Waals surface area contributed by atoms with Crippen molar-refractivity contribution in [3.05, 3.63) is 217 Å². The standard InChI is InChI=1S/C24H19O2S2.C16H20O2.C11H11F3O.C7H12O5S/c25-28(26,23-14-8-3-9-15-23)24-18-16-22(17-19-24)27(20-10-4-1-5-11-20)21-12-6-2-7-13-21;1-13(2)15(17)18-16(11-7-4-8-12-16)14-9-5-3-6-10-14;1-3-8-4-6-9(7-5-8)10(2,15)11(12,13)14;1-6(2)7(8)12-4-3-5-13(9,10)11/h1-19H;3,5-6,9-10H,1,4,7-8,11-12H2,2H3;3-7,15H,1H2,2H3;1,3-5H2,2H3,(H,9,10,11)/q+1;;;/p-1. The van der Waals surface area contributed by atoms with Crippen molar-refractivity contribution < 1.29 is 58.7 Å². The van der Waals surface area contributed by atoms with Gasteiger partial charge in [-0.3, -0.25) is 0 Å². The lowest BCUT2D eigenvalue weighted by Gasteiger charge is -2.37. The fourth-order valence-electron chi connectivity index (χ4n) is 7.22. The summed E-state index contributed by atoms with van der Waals surface area (Å²) in [5.41, 5.74) is -0.903. The lowest BCUT2D eigenvalue weighted by molar-refractivity contribution is -0.258. The molecule has 10 nitrogen and oxygen atoms in total. The SMILES string of the molecule is C=C(C)C(=O)OC1(c2ccccc2)CCCCC1.C=C(C)C(=O)OCCCS(=O)(=O)[O-].C=Cc1ccc(C(C)(O)C(F)(F)F)cc1.O=S(=O)(c1ccccc1)c1ccc([S+](c2ccccc2)c2ccccc2)cc1. The van der Waals surface area contributed by atoms with Gasteiger partial charge >= 0.3 is 18.1 Å². The van der Waals surface area contributed by atoms with Crippen molar-refractivity contribution >= 4 is 48.9 Å². The minimum absolute atomic E-state index is 0.0187. The molecule has 1 fully saturated rings. The van der Waals surface area contributed by atoms with Crippen LogP contribution in [-0.4, -0.2) is 57.0 Å². The van der Waals surface area contributed by atoms with E-state index in [1.165, 1.54) is 53.5 Å². The Kier molecular flexibility index (Phi) is 22.4. The van der Waals surface area contributed by atoms with E-state index in [4.69, 9.17) is 4.74 Å². The Morgan fingerprint density at radius 1 is 0.662 bits per heavy atom. The highest BCUT2D eigenvalue weighted by Gasteiger charge is 2.51. The molecular weight excluding hydrogens is 1010 g/mol. The molecule has 0 aromatic heterocycles. The molecule has 0 spiro atoms. The van der Waals surface area contributed by atoms with Gasteiger partial charge in [-0.15, -0.1) is 0 Å². The van der Waals surface area contributed by atoms with Gasteiger partial charge in [-0.1, -0.05) is 141 Å². The molecule has 1 atom stereocenters. The average Bonchev–Trinajstić information content (AvgIpc) is 3.39. The Labute approximate surface area is 436 Å².